The maximum absolute atomic E-state index is 14.9. The molecule has 1 atom stereocenters. The monoisotopic (exact) mass is 507 g/mol. The van der Waals surface area contributed by atoms with Crippen LogP contribution in [0.5, 0.6) is 0 Å². The Labute approximate surface area is 219 Å². The summed E-state index contributed by atoms with van der Waals surface area (Å²) in [4.78, 5) is 28.5. The lowest BCUT2D eigenvalue weighted by atomic mass is 9.91. The minimum atomic E-state index is -0.285. The van der Waals surface area contributed by atoms with E-state index in [0.717, 1.165) is 28.9 Å². The van der Waals surface area contributed by atoms with Crippen molar-refractivity contribution in [2.75, 3.05) is 24.7 Å². The molecule has 1 aliphatic rings. The number of fused-ring (bicyclic) bond motifs is 1. The zero-order valence-corrected chi connectivity index (χ0v) is 22.6. The molecule has 2 heterocycles. The van der Waals surface area contributed by atoms with Crippen molar-refractivity contribution in [3.05, 3.63) is 64.9 Å². The van der Waals surface area contributed by atoms with Crippen LogP contribution in [-0.4, -0.2) is 51.9 Å². The number of benzene rings is 1. The molecule has 4 rings (SSSR count). The molecule has 0 fully saturated rings. The molecule has 3 aromatic rings. The lowest BCUT2D eigenvalue weighted by Gasteiger charge is -2.19. The minimum Gasteiger partial charge on any atom is -0.350 e. The zero-order chi connectivity index (χ0) is 26.9. The number of carbonyl (C=O) groups excluding carboxylic acids is 1. The van der Waals surface area contributed by atoms with Crippen LogP contribution in [0.3, 0.4) is 0 Å². The van der Waals surface area contributed by atoms with Crippen LogP contribution >= 0.6 is 0 Å². The van der Waals surface area contributed by atoms with E-state index in [4.69, 9.17) is 0 Å². The van der Waals surface area contributed by atoms with Crippen molar-refractivity contribution in [3.63, 3.8) is 0 Å². The third-order valence-electron chi connectivity index (χ3n) is 6.41. The van der Waals surface area contributed by atoms with Crippen molar-refractivity contribution in [2.24, 2.45) is 0 Å². The fraction of sp³-hybridized carbons (Fsp3) is 0.429. The Morgan fingerprint density at radius 3 is 2.54 bits per heavy atom. The van der Waals surface area contributed by atoms with E-state index in [2.05, 4.69) is 56.6 Å². The highest BCUT2D eigenvalue weighted by molar-refractivity contribution is 5.99. The average Bonchev–Trinajstić information content (AvgIpc) is 3.24. The second-order valence-electron chi connectivity index (χ2n) is 11.1. The second-order valence-corrected chi connectivity index (χ2v) is 11.1. The van der Waals surface area contributed by atoms with Gasteiger partial charge in [0.25, 0.3) is 5.91 Å². The molecular formula is C28H38FN7O. The fourth-order valence-electron chi connectivity index (χ4n) is 4.33. The van der Waals surface area contributed by atoms with E-state index in [1.165, 1.54) is 12.3 Å². The summed E-state index contributed by atoms with van der Waals surface area (Å²) < 4.78 is 14.9. The molecule has 1 aliphatic carbocycles. The number of rotatable bonds is 7. The summed E-state index contributed by atoms with van der Waals surface area (Å²) in [6, 6.07) is 7.43. The molecule has 0 aliphatic heterocycles. The number of halogens is 1. The third-order valence-corrected chi connectivity index (χ3v) is 6.41. The Morgan fingerprint density at radius 1 is 1.11 bits per heavy atom. The van der Waals surface area contributed by atoms with Crippen LogP contribution in [0, 0.1) is 5.82 Å². The predicted octanol–water partition coefficient (Wildman–Crippen LogP) is 5.21. The summed E-state index contributed by atoms with van der Waals surface area (Å²) in [6.07, 6.45) is 4.69. The maximum Gasteiger partial charge on any atom is 0.256 e. The van der Waals surface area contributed by atoms with Gasteiger partial charge in [0, 0.05) is 48.4 Å². The Hall–Kier alpha value is -3.59. The van der Waals surface area contributed by atoms with E-state index in [1.807, 2.05) is 46.1 Å². The fourth-order valence-corrected chi connectivity index (χ4v) is 4.33. The average molecular weight is 508 g/mol. The molecule has 0 saturated heterocycles. The summed E-state index contributed by atoms with van der Waals surface area (Å²) in [7, 11) is 4.03. The van der Waals surface area contributed by atoms with Gasteiger partial charge in [-0.3, -0.25) is 9.78 Å². The van der Waals surface area contributed by atoms with Gasteiger partial charge in [0.15, 0.2) is 0 Å². The molecule has 37 heavy (non-hydrogen) atoms. The van der Waals surface area contributed by atoms with Crippen LogP contribution in [0.25, 0.3) is 0 Å². The van der Waals surface area contributed by atoms with Gasteiger partial charge >= 0.3 is 0 Å². The number of nitrogens with one attached hydrogen (secondary N) is 3. The van der Waals surface area contributed by atoms with Crippen molar-refractivity contribution in [2.45, 2.75) is 65.0 Å². The first-order valence-electron chi connectivity index (χ1n) is 12.6. The highest BCUT2D eigenvalue weighted by Gasteiger charge is 2.26. The number of hydrogen-bond acceptors (Lipinski definition) is 7. The maximum atomic E-state index is 14.9. The molecule has 1 aromatic carbocycles. The van der Waals surface area contributed by atoms with Crippen LogP contribution in [-0.2, 0) is 18.3 Å². The Kier molecular flexibility index (Phi) is 7.45. The van der Waals surface area contributed by atoms with Crippen molar-refractivity contribution in [1.29, 1.82) is 0 Å². The van der Waals surface area contributed by atoms with E-state index in [0.29, 0.717) is 23.5 Å². The van der Waals surface area contributed by atoms with Crippen LogP contribution in [0.2, 0.25) is 0 Å². The van der Waals surface area contributed by atoms with E-state index in [1.54, 1.807) is 6.20 Å². The smallest absolute Gasteiger partial charge is 0.256 e. The molecule has 1 unspecified atom stereocenters. The lowest BCUT2D eigenvalue weighted by molar-refractivity contribution is 0.0943. The Balaban J connectivity index is 0.00000400. The van der Waals surface area contributed by atoms with Crippen LogP contribution in [0.4, 0.5) is 27.5 Å². The number of aromatic nitrogens is 3. The van der Waals surface area contributed by atoms with Crippen molar-refractivity contribution >= 4 is 29.0 Å². The largest absolute Gasteiger partial charge is 0.350 e. The van der Waals surface area contributed by atoms with Crippen LogP contribution < -0.4 is 16.0 Å². The van der Waals surface area contributed by atoms with E-state index in [9.17, 15) is 9.18 Å². The van der Waals surface area contributed by atoms with Gasteiger partial charge in [-0.15, -0.1) is 0 Å². The van der Waals surface area contributed by atoms with Crippen molar-refractivity contribution in [1.82, 2.24) is 25.2 Å². The Morgan fingerprint density at radius 2 is 1.86 bits per heavy atom. The van der Waals surface area contributed by atoms with Crippen molar-refractivity contribution in [3.8, 4) is 0 Å². The molecule has 0 saturated carbocycles. The molecule has 2 aromatic heterocycles. The topological polar surface area (TPSA) is 95.1 Å². The number of amides is 1. The number of hydrogen-bond donors (Lipinski definition) is 3. The summed E-state index contributed by atoms with van der Waals surface area (Å²) in [6.45, 7) is 10.0. The van der Waals surface area contributed by atoms with Gasteiger partial charge in [0.2, 0.25) is 5.95 Å². The summed E-state index contributed by atoms with van der Waals surface area (Å²) in [5, 5.41) is 9.29. The number of pyridine rings is 1. The molecule has 198 valence electrons. The first-order valence-corrected chi connectivity index (χ1v) is 12.6. The van der Waals surface area contributed by atoms with Gasteiger partial charge in [-0.05, 0) is 76.2 Å². The number of carbonyl (C=O) groups is 1. The molecule has 1 amide bonds. The summed E-state index contributed by atoms with van der Waals surface area (Å²) >= 11 is 0. The van der Waals surface area contributed by atoms with Crippen LogP contribution in [0.1, 0.15) is 63.2 Å². The molecule has 8 nitrogen and oxygen atoms in total. The summed E-state index contributed by atoms with van der Waals surface area (Å²) in [5.41, 5.74) is 4.14. The third kappa shape index (κ3) is 6.22. The first-order chi connectivity index (χ1) is 17.4. The molecule has 0 radical (unpaired) electrons. The SMILES string of the molecule is CC(C)NC(=O)c1cnc(Nc2cc(F)c3c(c2)CC(N(C)C)C3)nc1Nc1ccnc(C(C)(C)C)c1.[HH]. The predicted molar refractivity (Wildman–Crippen MR) is 148 cm³/mol. The number of nitrogens with zero attached hydrogens (tertiary/aromatic N) is 4. The van der Waals surface area contributed by atoms with Gasteiger partial charge in [0.1, 0.15) is 17.2 Å². The quantitative estimate of drug-likeness (QED) is 0.404. The van der Waals surface area contributed by atoms with Gasteiger partial charge < -0.3 is 20.9 Å². The van der Waals surface area contributed by atoms with Crippen molar-refractivity contribution < 1.29 is 10.6 Å². The first kappa shape index (κ1) is 26.5. The highest BCUT2D eigenvalue weighted by atomic mass is 19.1. The van der Waals surface area contributed by atoms with Crippen LogP contribution in [0.15, 0.2) is 36.7 Å². The minimum absolute atomic E-state index is 0. The molecule has 3 N–H and O–H groups in total. The van der Waals surface area contributed by atoms with Gasteiger partial charge in [-0.2, -0.15) is 4.98 Å². The normalized spacial score (nSPS) is 15.1. The zero-order valence-electron chi connectivity index (χ0n) is 22.6. The van der Waals surface area contributed by atoms with E-state index >= 15 is 0 Å². The molecule has 0 spiro atoms. The summed E-state index contributed by atoms with van der Waals surface area (Å²) in [5.74, 6) is 0.0841. The van der Waals surface area contributed by atoms with E-state index < -0.39 is 0 Å². The second kappa shape index (κ2) is 10.4. The van der Waals surface area contributed by atoms with E-state index in [-0.39, 0.29) is 36.6 Å². The number of anilines is 4. The van der Waals surface area contributed by atoms with Gasteiger partial charge in [-0.1, -0.05) is 20.8 Å². The lowest BCUT2D eigenvalue weighted by Crippen LogP contribution is -2.31. The standard InChI is InChI=1S/C28H36FN7O.H2/c1-16(2)32-26(37)22-15-31-27(35-25(22)33-18-8-9-30-24(13-18)28(3,4)5)34-19-10-17-11-20(36(6)7)14-21(17)23(29)12-19;/h8-10,12-13,15-16,20H,11,14H2,1-7H3,(H,32,37)(H2,30,31,33,34,35);1H. The van der Waals surface area contributed by atoms with Gasteiger partial charge in [0.05, 0.1) is 0 Å². The highest BCUT2D eigenvalue weighted by Crippen LogP contribution is 2.31. The molecule has 0 bridgehead atoms. The van der Waals surface area contributed by atoms with Gasteiger partial charge in [-0.25, -0.2) is 9.37 Å². The number of likely N-dealkylation sites (N-methyl/N-ethyl adjacent to an activating group) is 1. The Bertz CT molecular complexity index is 1310. The molecular weight excluding hydrogens is 469 g/mol. The molecule has 9 heteroatoms.